The Bertz CT molecular complexity index is 506. The van der Waals surface area contributed by atoms with E-state index >= 15 is 0 Å². The van der Waals surface area contributed by atoms with E-state index in [1.807, 2.05) is 26.0 Å². The molecule has 1 atom stereocenters. The van der Waals surface area contributed by atoms with E-state index in [4.69, 9.17) is 5.11 Å². The summed E-state index contributed by atoms with van der Waals surface area (Å²) in [6.45, 7) is 7.32. The molecule has 20 heavy (non-hydrogen) atoms. The second-order valence-corrected chi connectivity index (χ2v) is 5.95. The predicted molar refractivity (Wildman–Crippen MR) is 82.0 cm³/mol. The van der Waals surface area contributed by atoms with Crippen LogP contribution in [0, 0.1) is 19.8 Å². The van der Waals surface area contributed by atoms with Crippen molar-refractivity contribution in [3.8, 4) is 0 Å². The lowest BCUT2D eigenvalue weighted by molar-refractivity contribution is -0.140. The fourth-order valence-electron chi connectivity index (χ4n) is 1.88. The van der Waals surface area contributed by atoms with E-state index in [1.165, 1.54) is 0 Å². The standard InChI is InChI=1S/C14H19BrN2O3/c1-7(2)11(13(18)19)16-14(20)17-12-9(4)5-8(3)6-10(12)15/h5-7,11H,1-4H3,(H,18,19)(H2,16,17,20). The highest BCUT2D eigenvalue weighted by atomic mass is 79.9. The molecule has 0 aromatic heterocycles. The Morgan fingerprint density at radius 2 is 1.85 bits per heavy atom. The van der Waals surface area contributed by atoms with Crippen molar-refractivity contribution in [3.63, 3.8) is 0 Å². The van der Waals surface area contributed by atoms with Crippen molar-refractivity contribution in [2.75, 3.05) is 5.32 Å². The fraction of sp³-hybridized carbons (Fsp3) is 0.429. The highest BCUT2D eigenvalue weighted by molar-refractivity contribution is 9.10. The Kier molecular flexibility index (Phi) is 5.56. The highest BCUT2D eigenvalue weighted by Gasteiger charge is 2.23. The molecule has 0 fully saturated rings. The summed E-state index contributed by atoms with van der Waals surface area (Å²) in [6, 6.07) is 2.38. The van der Waals surface area contributed by atoms with E-state index in [2.05, 4.69) is 26.6 Å². The van der Waals surface area contributed by atoms with Crippen LogP contribution in [0.15, 0.2) is 16.6 Å². The fourth-order valence-corrected chi connectivity index (χ4v) is 2.65. The number of amides is 2. The van der Waals surface area contributed by atoms with Gasteiger partial charge in [0.2, 0.25) is 0 Å². The van der Waals surface area contributed by atoms with Gasteiger partial charge in [-0.2, -0.15) is 0 Å². The first-order valence-electron chi connectivity index (χ1n) is 6.29. The third kappa shape index (κ3) is 4.23. The molecule has 1 aromatic carbocycles. The third-order valence-corrected chi connectivity index (χ3v) is 3.52. The second kappa shape index (κ2) is 6.74. The quantitative estimate of drug-likeness (QED) is 0.785. The van der Waals surface area contributed by atoms with Crippen LogP contribution in [0.25, 0.3) is 0 Å². The lowest BCUT2D eigenvalue weighted by Crippen LogP contribution is -2.46. The zero-order chi connectivity index (χ0) is 15.4. The van der Waals surface area contributed by atoms with Crippen LogP contribution in [0.2, 0.25) is 0 Å². The third-order valence-electron chi connectivity index (χ3n) is 2.89. The number of hydrogen-bond donors (Lipinski definition) is 3. The summed E-state index contributed by atoms with van der Waals surface area (Å²) in [4.78, 5) is 23.0. The number of carboxylic acid groups (broad SMARTS) is 1. The van der Waals surface area contributed by atoms with Crippen LogP contribution in [0.1, 0.15) is 25.0 Å². The van der Waals surface area contributed by atoms with Crippen molar-refractivity contribution in [3.05, 3.63) is 27.7 Å². The van der Waals surface area contributed by atoms with Crippen molar-refractivity contribution >= 4 is 33.6 Å². The van der Waals surface area contributed by atoms with Gasteiger partial charge in [-0.15, -0.1) is 0 Å². The van der Waals surface area contributed by atoms with Crippen molar-refractivity contribution in [2.24, 2.45) is 5.92 Å². The van der Waals surface area contributed by atoms with Gasteiger partial charge in [-0.25, -0.2) is 9.59 Å². The van der Waals surface area contributed by atoms with Crippen LogP contribution in [0.3, 0.4) is 0 Å². The van der Waals surface area contributed by atoms with E-state index in [-0.39, 0.29) is 5.92 Å². The molecule has 0 saturated carbocycles. The van der Waals surface area contributed by atoms with Crippen molar-refractivity contribution in [1.82, 2.24) is 5.32 Å². The van der Waals surface area contributed by atoms with Gasteiger partial charge in [0.05, 0.1) is 5.69 Å². The number of hydrogen-bond acceptors (Lipinski definition) is 2. The van der Waals surface area contributed by atoms with E-state index in [9.17, 15) is 9.59 Å². The number of carbonyl (C=O) groups excluding carboxylic acids is 1. The van der Waals surface area contributed by atoms with Crippen molar-refractivity contribution in [1.29, 1.82) is 0 Å². The van der Waals surface area contributed by atoms with Crippen LogP contribution >= 0.6 is 15.9 Å². The predicted octanol–water partition coefficient (Wildman–Crippen LogP) is 3.30. The molecule has 0 aliphatic rings. The molecule has 0 bridgehead atoms. The molecule has 6 heteroatoms. The monoisotopic (exact) mass is 342 g/mol. The lowest BCUT2D eigenvalue weighted by Gasteiger charge is -2.19. The van der Waals surface area contributed by atoms with Gasteiger partial charge in [-0.3, -0.25) is 0 Å². The molecule has 0 radical (unpaired) electrons. The number of urea groups is 1. The Morgan fingerprint density at radius 3 is 2.30 bits per heavy atom. The Balaban J connectivity index is 2.84. The smallest absolute Gasteiger partial charge is 0.326 e. The minimum Gasteiger partial charge on any atom is -0.480 e. The maximum Gasteiger partial charge on any atom is 0.326 e. The molecular weight excluding hydrogens is 324 g/mol. The number of benzene rings is 1. The molecule has 5 nitrogen and oxygen atoms in total. The number of nitrogens with one attached hydrogen (secondary N) is 2. The van der Waals surface area contributed by atoms with E-state index in [0.717, 1.165) is 15.6 Å². The van der Waals surface area contributed by atoms with Gasteiger partial charge in [0.1, 0.15) is 6.04 Å². The molecule has 1 aromatic rings. The first-order valence-corrected chi connectivity index (χ1v) is 7.08. The normalized spacial score (nSPS) is 12.1. The van der Waals surface area contributed by atoms with Crippen LogP contribution in [0.4, 0.5) is 10.5 Å². The van der Waals surface area contributed by atoms with Gasteiger partial charge < -0.3 is 15.7 Å². The zero-order valence-electron chi connectivity index (χ0n) is 12.0. The lowest BCUT2D eigenvalue weighted by atomic mass is 10.1. The molecule has 1 rings (SSSR count). The number of carbonyl (C=O) groups is 2. The van der Waals surface area contributed by atoms with Gasteiger partial charge in [0.25, 0.3) is 0 Å². The summed E-state index contributed by atoms with van der Waals surface area (Å²) < 4.78 is 0.765. The number of anilines is 1. The number of aryl methyl sites for hydroxylation is 2. The maximum absolute atomic E-state index is 11.9. The summed E-state index contributed by atoms with van der Waals surface area (Å²) in [5.74, 6) is -1.24. The molecule has 0 aliphatic carbocycles. The van der Waals surface area contributed by atoms with E-state index in [1.54, 1.807) is 13.8 Å². The van der Waals surface area contributed by atoms with Crippen LogP contribution < -0.4 is 10.6 Å². The van der Waals surface area contributed by atoms with Gasteiger partial charge in [-0.1, -0.05) is 19.9 Å². The number of halogens is 1. The number of aliphatic carboxylic acids is 1. The first-order chi connectivity index (χ1) is 9.22. The van der Waals surface area contributed by atoms with Gasteiger partial charge in [0.15, 0.2) is 0 Å². The van der Waals surface area contributed by atoms with E-state index in [0.29, 0.717) is 5.69 Å². The SMILES string of the molecule is Cc1cc(C)c(NC(=O)NC(C(=O)O)C(C)C)c(Br)c1. The summed E-state index contributed by atoms with van der Waals surface area (Å²) in [6.07, 6.45) is 0. The van der Waals surface area contributed by atoms with Crippen molar-refractivity contribution in [2.45, 2.75) is 33.7 Å². The molecule has 110 valence electrons. The Morgan fingerprint density at radius 1 is 1.25 bits per heavy atom. The van der Waals surface area contributed by atoms with Crippen LogP contribution in [-0.4, -0.2) is 23.1 Å². The van der Waals surface area contributed by atoms with Gasteiger partial charge in [0, 0.05) is 4.47 Å². The molecule has 1 unspecified atom stereocenters. The Labute approximate surface area is 126 Å². The molecular formula is C14H19BrN2O3. The molecule has 0 heterocycles. The molecule has 2 amide bonds. The van der Waals surface area contributed by atoms with E-state index < -0.39 is 18.0 Å². The van der Waals surface area contributed by atoms with Gasteiger partial charge >= 0.3 is 12.0 Å². The first kappa shape index (κ1) is 16.5. The second-order valence-electron chi connectivity index (χ2n) is 5.10. The molecule has 3 N–H and O–H groups in total. The largest absolute Gasteiger partial charge is 0.480 e. The highest BCUT2D eigenvalue weighted by Crippen LogP contribution is 2.27. The van der Waals surface area contributed by atoms with Crippen LogP contribution in [-0.2, 0) is 4.79 Å². The summed E-state index contributed by atoms with van der Waals surface area (Å²) in [5, 5.41) is 14.2. The summed E-state index contributed by atoms with van der Waals surface area (Å²) >= 11 is 3.39. The summed E-state index contributed by atoms with van der Waals surface area (Å²) in [7, 11) is 0. The zero-order valence-corrected chi connectivity index (χ0v) is 13.5. The number of rotatable bonds is 4. The van der Waals surface area contributed by atoms with Gasteiger partial charge in [-0.05, 0) is 52.9 Å². The maximum atomic E-state index is 11.9. The minimum absolute atomic E-state index is 0.194. The Hall–Kier alpha value is -1.56. The van der Waals surface area contributed by atoms with Crippen LogP contribution in [0.5, 0.6) is 0 Å². The molecule has 0 aliphatic heterocycles. The average molecular weight is 343 g/mol. The van der Waals surface area contributed by atoms with Crippen molar-refractivity contribution < 1.29 is 14.7 Å². The molecule has 0 spiro atoms. The topological polar surface area (TPSA) is 78.4 Å². The average Bonchev–Trinajstić information content (AvgIpc) is 2.29. The summed E-state index contributed by atoms with van der Waals surface area (Å²) in [5.41, 5.74) is 2.62. The minimum atomic E-state index is -1.05. The number of carboxylic acids is 1. The molecule has 0 saturated heterocycles.